The molecule has 1 saturated heterocycles. The van der Waals surface area contributed by atoms with Gasteiger partial charge in [-0.15, -0.1) is 0 Å². The average Bonchev–Trinajstić information content (AvgIpc) is 2.40. The van der Waals surface area contributed by atoms with Crippen molar-refractivity contribution in [2.24, 2.45) is 5.92 Å². The van der Waals surface area contributed by atoms with Crippen LogP contribution in [0.3, 0.4) is 0 Å². The SMILES string of the molecule is OCC1CNC1.c1ccc(Cc2ccccc2)cc1. The molecule has 0 unspecified atom stereocenters. The Morgan fingerprint density at radius 1 is 0.842 bits per heavy atom. The van der Waals surface area contributed by atoms with Crippen molar-refractivity contribution in [3.63, 3.8) is 0 Å². The molecule has 0 spiro atoms. The zero-order valence-corrected chi connectivity index (χ0v) is 11.1. The minimum Gasteiger partial charge on any atom is -0.396 e. The highest BCUT2D eigenvalue weighted by molar-refractivity contribution is 5.25. The van der Waals surface area contributed by atoms with Gasteiger partial charge in [-0.05, 0) is 17.5 Å². The average molecular weight is 255 g/mol. The molecule has 0 atom stereocenters. The van der Waals surface area contributed by atoms with E-state index in [-0.39, 0.29) is 0 Å². The molecule has 1 heterocycles. The predicted molar refractivity (Wildman–Crippen MR) is 79.1 cm³/mol. The molecule has 0 aromatic heterocycles. The van der Waals surface area contributed by atoms with Gasteiger partial charge in [-0.25, -0.2) is 0 Å². The second-order valence-corrected chi connectivity index (χ2v) is 4.85. The summed E-state index contributed by atoms with van der Waals surface area (Å²) in [6.07, 6.45) is 1.03. The fraction of sp³-hybridized carbons (Fsp3) is 0.294. The van der Waals surface area contributed by atoms with Crippen LogP contribution in [-0.2, 0) is 6.42 Å². The normalized spacial score (nSPS) is 14.2. The lowest BCUT2D eigenvalue weighted by Gasteiger charge is -2.24. The van der Waals surface area contributed by atoms with Gasteiger partial charge in [0.25, 0.3) is 0 Å². The lowest BCUT2D eigenvalue weighted by Crippen LogP contribution is -2.43. The molecule has 0 saturated carbocycles. The summed E-state index contributed by atoms with van der Waals surface area (Å²) in [6.45, 7) is 2.38. The van der Waals surface area contributed by atoms with Crippen molar-refractivity contribution < 1.29 is 5.11 Å². The molecular formula is C17H21NO. The third kappa shape index (κ3) is 4.86. The topological polar surface area (TPSA) is 32.3 Å². The van der Waals surface area contributed by atoms with Crippen LogP contribution in [-0.4, -0.2) is 24.8 Å². The predicted octanol–water partition coefficient (Wildman–Crippen LogP) is 2.48. The van der Waals surface area contributed by atoms with Crippen LogP contribution in [0, 0.1) is 5.92 Å². The van der Waals surface area contributed by atoms with Gasteiger partial charge in [0.05, 0.1) is 0 Å². The maximum atomic E-state index is 8.35. The third-order valence-electron chi connectivity index (χ3n) is 3.22. The second kappa shape index (κ2) is 7.72. The summed E-state index contributed by atoms with van der Waals surface area (Å²) < 4.78 is 0. The van der Waals surface area contributed by atoms with E-state index in [4.69, 9.17) is 5.11 Å². The number of benzene rings is 2. The van der Waals surface area contributed by atoms with E-state index in [2.05, 4.69) is 66.0 Å². The van der Waals surface area contributed by atoms with Gasteiger partial charge in [0.15, 0.2) is 0 Å². The number of hydrogen-bond donors (Lipinski definition) is 2. The molecule has 2 heteroatoms. The Hall–Kier alpha value is -1.64. The summed E-state index contributed by atoms with van der Waals surface area (Å²) in [7, 11) is 0. The third-order valence-corrected chi connectivity index (χ3v) is 3.22. The van der Waals surface area contributed by atoms with Crippen molar-refractivity contribution >= 4 is 0 Å². The Balaban J connectivity index is 0.000000186. The summed E-state index contributed by atoms with van der Waals surface area (Å²) in [5.41, 5.74) is 2.74. The van der Waals surface area contributed by atoms with E-state index in [0.717, 1.165) is 19.5 Å². The molecule has 0 bridgehead atoms. The van der Waals surface area contributed by atoms with Gasteiger partial charge < -0.3 is 10.4 Å². The molecule has 1 aliphatic rings. The standard InChI is InChI=1S/C13H12.C4H9NO/c1-3-7-12(8-4-1)11-13-9-5-2-6-10-13;6-3-4-1-5-2-4/h1-10H,11H2;4-6H,1-3H2. The Morgan fingerprint density at radius 3 is 1.58 bits per heavy atom. The first-order valence-corrected chi connectivity index (χ1v) is 6.78. The molecule has 2 aromatic rings. The minimum absolute atomic E-state index is 0.354. The van der Waals surface area contributed by atoms with Crippen LogP contribution in [0.5, 0.6) is 0 Å². The molecule has 100 valence electrons. The smallest absolute Gasteiger partial charge is 0.0483 e. The maximum Gasteiger partial charge on any atom is 0.0483 e. The van der Waals surface area contributed by atoms with Crippen LogP contribution in [0.4, 0.5) is 0 Å². The van der Waals surface area contributed by atoms with Crippen molar-refractivity contribution in [1.82, 2.24) is 5.32 Å². The van der Waals surface area contributed by atoms with Crippen LogP contribution in [0.15, 0.2) is 60.7 Å². The zero-order chi connectivity index (χ0) is 13.3. The summed E-state index contributed by atoms with van der Waals surface area (Å²) in [5, 5.41) is 11.4. The zero-order valence-electron chi connectivity index (χ0n) is 11.1. The molecule has 0 aliphatic carbocycles. The van der Waals surface area contributed by atoms with E-state index >= 15 is 0 Å². The molecule has 2 N–H and O–H groups in total. The van der Waals surface area contributed by atoms with Crippen LogP contribution in [0.25, 0.3) is 0 Å². The number of hydrogen-bond acceptors (Lipinski definition) is 2. The summed E-state index contributed by atoms with van der Waals surface area (Å²) in [4.78, 5) is 0. The first-order valence-electron chi connectivity index (χ1n) is 6.78. The number of aliphatic hydroxyl groups is 1. The van der Waals surface area contributed by atoms with Crippen molar-refractivity contribution in [1.29, 1.82) is 0 Å². The highest BCUT2D eigenvalue weighted by Crippen LogP contribution is 2.07. The Morgan fingerprint density at radius 2 is 1.32 bits per heavy atom. The molecule has 19 heavy (non-hydrogen) atoms. The fourth-order valence-corrected chi connectivity index (χ4v) is 1.90. The van der Waals surface area contributed by atoms with Crippen molar-refractivity contribution in [2.45, 2.75) is 6.42 Å². The molecule has 2 nitrogen and oxygen atoms in total. The molecule has 0 amide bonds. The Kier molecular flexibility index (Phi) is 5.60. The van der Waals surface area contributed by atoms with Crippen LogP contribution in [0.1, 0.15) is 11.1 Å². The molecular weight excluding hydrogens is 234 g/mol. The van der Waals surface area contributed by atoms with E-state index < -0.39 is 0 Å². The van der Waals surface area contributed by atoms with Crippen molar-refractivity contribution in [2.75, 3.05) is 19.7 Å². The minimum atomic E-state index is 0.354. The maximum absolute atomic E-state index is 8.35. The quantitative estimate of drug-likeness (QED) is 0.883. The number of rotatable bonds is 3. The van der Waals surface area contributed by atoms with E-state index in [9.17, 15) is 0 Å². The molecule has 1 aliphatic heterocycles. The van der Waals surface area contributed by atoms with E-state index in [1.165, 1.54) is 11.1 Å². The molecule has 0 radical (unpaired) electrons. The van der Waals surface area contributed by atoms with Crippen molar-refractivity contribution in [3.05, 3.63) is 71.8 Å². The largest absolute Gasteiger partial charge is 0.396 e. The Bertz CT molecular complexity index is 411. The lowest BCUT2D eigenvalue weighted by molar-refractivity contribution is 0.180. The monoisotopic (exact) mass is 255 g/mol. The molecule has 1 fully saturated rings. The van der Waals surface area contributed by atoms with Gasteiger partial charge >= 0.3 is 0 Å². The van der Waals surface area contributed by atoms with Gasteiger partial charge in [0.2, 0.25) is 0 Å². The first-order chi connectivity index (χ1) is 9.38. The fourth-order valence-electron chi connectivity index (χ4n) is 1.90. The van der Waals surface area contributed by atoms with E-state index in [1.807, 2.05) is 0 Å². The highest BCUT2D eigenvalue weighted by Gasteiger charge is 2.13. The number of aliphatic hydroxyl groups excluding tert-OH is 1. The highest BCUT2D eigenvalue weighted by atomic mass is 16.3. The van der Waals surface area contributed by atoms with Gasteiger partial charge in [-0.2, -0.15) is 0 Å². The van der Waals surface area contributed by atoms with Gasteiger partial charge in [0.1, 0.15) is 0 Å². The van der Waals surface area contributed by atoms with E-state index in [0.29, 0.717) is 12.5 Å². The van der Waals surface area contributed by atoms with Gasteiger partial charge in [0, 0.05) is 25.6 Å². The van der Waals surface area contributed by atoms with Crippen molar-refractivity contribution in [3.8, 4) is 0 Å². The van der Waals surface area contributed by atoms with Gasteiger partial charge in [-0.3, -0.25) is 0 Å². The van der Waals surface area contributed by atoms with Crippen LogP contribution in [0.2, 0.25) is 0 Å². The summed E-state index contributed by atoms with van der Waals surface area (Å²) in [6, 6.07) is 21.1. The summed E-state index contributed by atoms with van der Waals surface area (Å²) >= 11 is 0. The number of nitrogens with one attached hydrogen (secondary N) is 1. The second-order valence-electron chi connectivity index (χ2n) is 4.85. The van der Waals surface area contributed by atoms with Gasteiger partial charge in [-0.1, -0.05) is 60.7 Å². The summed E-state index contributed by atoms with van der Waals surface area (Å²) in [5.74, 6) is 0.560. The first kappa shape index (κ1) is 13.8. The lowest BCUT2D eigenvalue weighted by atomic mass is 10.1. The Labute approximate surface area is 115 Å². The molecule has 3 rings (SSSR count). The van der Waals surface area contributed by atoms with Crippen LogP contribution >= 0.6 is 0 Å². The van der Waals surface area contributed by atoms with E-state index in [1.54, 1.807) is 0 Å². The molecule has 2 aromatic carbocycles. The van der Waals surface area contributed by atoms with Crippen LogP contribution < -0.4 is 5.32 Å².